The molecule has 1 amide bonds. The molecule has 20 heavy (non-hydrogen) atoms. The highest BCUT2D eigenvalue weighted by atomic mass is 35.5. The first-order valence-corrected chi connectivity index (χ1v) is 8.06. The summed E-state index contributed by atoms with van der Waals surface area (Å²) >= 11 is 7.36. The van der Waals surface area contributed by atoms with Crippen LogP contribution in [-0.4, -0.2) is 30.4 Å². The predicted molar refractivity (Wildman–Crippen MR) is 85.5 cm³/mol. The van der Waals surface area contributed by atoms with Crippen molar-refractivity contribution in [2.24, 2.45) is 0 Å². The van der Waals surface area contributed by atoms with Crippen LogP contribution in [0.15, 0.2) is 29.2 Å². The number of halogens is 1. The smallest absolute Gasteiger partial charge is 0.233 e. The zero-order valence-corrected chi connectivity index (χ0v) is 13.8. The van der Waals surface area contributed by atoms with E-state index in [9.17, 15) is 4.79 Å². The van der Waals surface area contributed by atoms with E-state index in [1.165, 1.54) is 11.8 Å². The van der Waals surface area contributed by atoms with E-state index in [0.29, 0.717) is 18.2 Å². The molecule has 0 bridgehead atoms. The van der Waals surface area contributed by atoms with Gasteiger partial charge < -0.3 is 10.1 Å². The zero-order chi connectivity index (χ0) is 15.0. The first-order valence-electron chi connectivity index (χ1n) is 6.80. The van der Waals surface area contributed by atoms with Crippen molar-refractivity contribution in [1.82, 2.24) is 5.32 Å². The molecule has 0 fully saturated rings. The molecule has 1 atom stereocenters. The fraction of sp³-hybridized carbons (Fsp3) is 0.533. The van der Waals surface area contributed by atoms with Crippen molar-refractivity contribution in [3.05, 3.63) is 29.3 Å². The largest absolute Gasteiger partial charge is 0.379 e. The number of carbonyl (C=O) groups is 1. The molecule has 0 unspecified atom stereocenters. The number of hydrogen-bond donors (Lipinski definition) is 1. The lowest BCUT2D eigenvalue weighted by molar-refractivity contribution is -0.120. The minimum Gasteiger partial charge on any atom is -0.379 e. The monoisotopic (exact) mass is 315 g/mol. The standard InChI is InChI=1S/C15H22ClNO2S/c1-11(2)19-10-4-9-17-15(18)12(3)20-14-7-5-13(16)6-8-14/h5-8,11-12H,4,9-10H2,1-3H3,(H,17,18)/t12-/m1/s1. The lowest BCUT2D eigenvalue weighted by Crippen LogP contribution is -2.32. The molecule has 0 saturated heterocycles. The molecule has 0 radical (unpaired) electrons. The Morgan fingerprint density at radius 2 is 1.95 bits per heavy atom. The molecule has 1 rings (SSSR count). The highest BCUT2D eigenvalue weighted by molar-refractivity contribution is 8.00. The Labute approximate surface area is 130 Å². The van der Waals surface area contributed by atoms with Gasteiger partial charge in [-0.2, -0.15) is 0 Å². The summed E-state index contributed by atoms with van der Waals surface area (Å²) in [5.74, 6) is 0.0505. The number of amides is 1. The summed E-state index contributed by atoms with van der Waals surface area (Å²) in [6.07, 6.45) is 1.08. The number of ether oxygens (including phenoxy) is 1. The molecule has 0 saturated carbocycles. The number of rotatable bonds is 8. The Morgan fingerprint density at radius 3 is 2.55 bits per heavy atom. The van der Waals surface area contributed by atoms with Gasteiger partial charge in [0.15, 0.2) is 0 Å². The molecule has 0 heterocycles. The Bertz CT molecular complexity index is 409. The van der Waals surface area contributed by atoms with Gasteiger partial charge in [-0.1, -0.05) is 11.6 Å². The van der Waals surface area contributed by atoms with E-state index < -0.39 is 0 Å². The normalized spacial score (nSPS) is 12.4. The van der Waals surface area contributed by atoms with Crippen LogP contribution in [0.2, 0.25) is 5.02 Å². The fourth-order valence-electron chi connectivity index (χ4n) is 1.52. The van der Waals surface area contributed by atoms with Crippen LogP contribution >= 0.6 is 23.4 Å². The molecule has 1 aromatic carbocycles. The van der Waals surface area contributed by atoms with E-state index in [1.54, 1.807) is 0 Å². The van der Waals surface area contributed by atoms with Crippen LogP contribution in [0.1, 0.15) is 27.2 Å². The summed E-state index contributed by atoms with van der Waals surface area (Å²) in [6.45, 7) is 7.24. The Balaban J connectivity index is 2.23. The first kappa shape index (κ1) is 17.3. The number of thioether (sulfide) groups is 1. The molecule has 0 aromatic heterocycles. The molecule has 0 aliphatic carbocycles. The first-order chi connectivity index (χ1) is 9.49. The maximum atomic E-state index is 11.9. The summed E-state index contributed by atoms with van der Waals surface area (Å²) in [5, 5.41) is 3.50. The summed E-state index contributed by atoms with van der Waals surface area (Å²) in [7, 11) is 0. The van der Waals surface area contributed by atoms with E-state index >= 15 is 0 Å². The maximum absolute atomic E-state index is 11.9. The molecule has 5 heteroatoms. The summed E-state index contributed by atoms with van der Waals surface area (Å²) in [5.41, 5.74) is 0. The van der Waals surface area contributed by atoms with Crippen molar-refractivity contribution in [2.45, 2.75) is 43.4 Å². The molecule has 0 aliphatic heterocycles. The van der Waals surface area contributed by atoms with Gasteiger partial charge in [0.05, 0.1) is 11.4 Å². The van der Waals surface area contributed by atoms with Gasteiger partial charge in [-0.25, -0.2) is 0 Å². The third-order valence-corrected chi connectivity index (χ3v) is 3.93. The second-order valence-electron chi connectivity index (χ2n) is 4.78. The Morgan fingerprint density at radius 1 is 1.30 bits per heavy atom. The third kappa shape index (κ3) is 7.17. The van der Waals surface area contributed by atoms with E-state index in [1.807, 2.05) is 45.0 Å². The molecule has 1 N–H and O–H groups in total. The van der Waals surface area contributed by atoms with Gasteiger partial charge in [0.25, 0.3) is 0 Å². The molecular weight excluding hydrogens is 294 g/mol. The van der Waals surface area contributed by atoms with Crippen molar-refractivity contribution in [1.29, 1.82) is 0 Å². The maximum Gasteiger partial charge on any atom is 0.233 e. The highest BCUT2D eigenvalue weighted by Gasteiger charge is 2.13. The molecular formula is C15H22ClNO2S. The fourth-order valence-corrected chi connectivity index (χ4v) is 2.54. The van der Waals surface area contributed by atoms with Gasteiger partial charge in [-0.05, 0) is 51.5 Å². The van der Waals surface area contributed by atoms with Crippen molar-refractivity contribution >= 4 is 29.3 Å². The van der Waals surface area contributed by atoms with Gasteiger partial charge in [0.2, 0.25) is 5.91 Å². The van der Waals surface area contributed by atoms with Crippen LogP contribution in [0.25, 0.3) is 0 Å². The van der Waals surface area contributed by atoms with Crippen LogP contribution < -0.4 is 5.32 Å². The average molecular weight is 316 g/mol. The van der Waals surface area contributed by atoms with E-state index in [0.717, 1.165) is 11.3 Å². The average Bonchev–Trinajstić information content (AvgIpc) is 2.40. The van der Waals surface area contributed by atoms with Gasteiger partial charge in [-0.3, -0.25) is 4.79 Å². The summed E-state index contributed by atoms with van der Waals surface area (Å²) in [6, 6.07) is 7.51. The van der Waals surface area contributed by atoms with Crippen molar-refractivity contribution < 1.29 is 9.53 Å². The second kappa shape index (κ2) is 9.27. The second-order valence-corrected chi connectivity index (χ2v) is 6.63. The number of carbonyl (C=O) groups excluding carboxylic acids is 1. The zero-order valence-electron chi connectivity index (χ0n) is 12.2. The van der Waals surface area contributed by atoms with E-state index in [4.69, 9.17) is 16.3 Å². The van der Waals surface area contributed by atoms with Crippen molar-refractivity contribution in [2.75, 3.05) is 13.2 Å². The molecule has 3 nitrogen and oxygen atoms in total. The number of nitrogens with one attached hydrogen (secondary N) is 1. The minimum atomic E-state index is -0.123. The molecule has 0 spiro atoms. The van der Waals surface area contributed by atoms with Gasteiger partial charge >= 0.3 is 0 Å². The van der Waals surface area contributed by atoms with Gasteiger partial charge in [0.1, 0.15) is 0 Å². The van der Waals surface area contributed by atoms with Gasteiger partial charge in [0, 0.05) is 23.1 Å². The summed E-state index contributed by atoms with van der Waals surface area (Å²) in [4.78, 5) is 13.0. The molecule has 0 aliphatic rings. The van der Waals surface area contributed by atoms with Gasteiger partial charge in [-0.15, -0.1) is 11.8 Å². The van der Waals surface area contributed by atoms with Crippen LogP contribution in [0.5, 0.6) is 0 Å². The lowest BCUT2D eigenvalue weighted by Gasteiger charge is -2.12. The van der Waals surface area contributed by atoms with Crippen LogP contribution in [-0.2, 0) is 9.53 Å². The molecule has 1 aromatic rings. The van der Waals surface area contributed by atoms with Crippen LogP contribution in [0.3, 0.4) is 0 Å². The third-order valence-electron chi connectivity index (χ3n) is 2.57. The van der Waals surface area contributed by atoms with Crippen LogP contribution in [0, 0.1) is 0 Å². The van der Waals surface area contributed by atoms with Crippen LogP contribution in [0.4, 0.5) is 0 Å². The predicted octanol–water partition coefficient (Wildman–Crippen LogP) is 3.75. The SMILES string of the molecule is CC(C)OCCCNC(=O)[C@@H](C)Sc1ccc(Cl)cc1. The number of benzene rings is 1. The topological polar surface area (TPSA) is 38.3 Å². The lowest BCUT2D eigenvalue weighted by atomic mass is 10.4. The van der Waals surface area contributed by atoms with E-state index in [2.05, 4.69) is 5.32 Å². The van der Waals surface area contributed by atoms with Crippen molar-refractivity contribution in [3.8, 4) is 0 Å². The minimum absolute atomic E-state index is 0.0505. The molecule has 112 valence electrons. The summed E-state index contributed by atoms with van der Waals surface area (Å²) < 4.78 is 5.42. The van der Waals surface area contributed by atoms with Crippen molar-refractivity contribution in [3.63, 3.8) is 0 Å². The Kier molecular flexibility index (Phi) is 8.04. The highest BCUT2D eigenvalue weighted by Crippen LogP contribution is 2.24. The number of hydrogen-bond acceptors (Lipinski definition) is 3. The quantitative estimate of drug-likeness (QED) is 0.586. The Hall–Kier alpha value is -0.710. The van der Waals surface area contributed by atoms with E-state index in [-0.39, 0.29) is 17.3 Å².